The van der Waals surface area contributed by atoms with E-state index in [9.17, 15) is 0 Å². The minimum absolute atomic E-state index is 0. The van der Waals surface area contributed by atoms with Gasteiger partial charge in [0.15, 0.2) is 0 Å². The van der Waals surface area contributed by atoms with Crippen molar-refractivity contribution in [1.29, 1.82) is 0 Å². The van der Waals surface area contributed by atoms with Gasteiger partial charge in [-0.3, -0.25) is 0 Å². The molecule has 0 aromatic carbocycles. The van der Waals surface area contributed by atoms with Crippen LogP contribution in [0.1, 0.15) is 0 Å². The molecule has 0 saturated heterocycles. The molecule has 0 aliphatic carbocycles. The molecule has 0 fully saturated rings. The molecule has 0 aliphatic rings. The third kappa shape index (κ3) is 8.18. The first-order valence-electron chi connectivity index (χ1n) is 6.14. The molecule has 128 valence electrons. The molecule has 0 atom stereocenters. The van der Waals surface area contributed by atoms with Crippen molar-refractivity contribution in [2.75, 3.05) is 0 Å². The molecule has 0 spiro atoms. The first kappa shape index (κ1) is 27.1. The Kier molecular flexibility index (Phi) is 15.4. The number of hydrogen-bond acceptors (Lipinski definition) is 3. The van der Waals surface area contributed by atoms with Crippen molar-refractivity contribution in [2.45, 2.75) is 0 Å². The molecule has 0 bridgehead atoms. The van der Waals surface area contributed by atoms with Crippen molar-refractivity contribution >= 4 is 114 Å². The second-order valence-corrected chi connectivity index (χ2v) is 7.25. The number of nitrogens with one attached hydrogen (secondary N) is 2. The van der Waals surface area contributed by atoms with Gasteiger partial charge in [-0.1, -0.05) is 0 Å². The topological polar surface area (TPSA) is 87.4 Å². The molecule has 4 rings (SSSR count). The molecule has 25 heavy (non-hydrogen) atoms. The fourth-order valence-electron chi connectivity index (χ4n) is 1.86. The van der Waals surface area contributed by atoms with Crippen molar-refractivity contribution in [3.8, 4) is 0 Å². The van der Waals surface area contributed by atoms with Gasteiger partial charge in [0.2, 0.25) is 0 Å². The number of halogens is 5. The predicted molar refractivity (Wildman–Crippen MR) is 130 cm³/mol. The molecule has 3 N–H and O–H groups in total. The van der Waals surface area contributed by atoms with Crippen LogP contribution in [0.25, 0.3) is 22.1 Å². The van der Waals surface area contributed by atoms with Gasteiger partial charge < -0.3 is 15.4 Å². The second kappa shape index (κ2) is 14.2. The molecule has 4 heterocycles. The van der Waals surface area contributed by atoms with Gasteiger partial charge in [-0.2, -0.15) is 0 Å². The van der Waals surface area contributed by atoms with Crippen LogP contribution in [-0.4, -0.2) is 25.4 Å². The summed E-state index contributed by atoms with van der Waals surface area (Å²) in [6.07, 6.45) is 7.39. The van der Waals surface area contributed by atoms with Crippen LogP contribution >= 0.6 is 91.7 Å². The third-order valence-corrected chi connectivity index (χ3v) is 4.57. The SMILES string of the molecule is Brc1cnc2[nH]cc(I)c2c1.Brc1cnc2[nH]ccc2c1.II.[K+].[OH-]. The number of aromatic amines is 2. The van der Waals surface area contributed by atoms with E-state index in [-0.39, 0.29) is 56.9 Å². The Bertz CT molecular complexity index is 919. The van der Waals surface area contributed by atoms with E-state index in [1.54, 1.807) is 12.4 Å². The van der Waals surface area contributed by atoms with Crippen LogP contribution in [0.15, 0.2) is 51.9 Å². The van der Waals surface area contributed by atoms with Crippen LogP contribution in [0.5, 0.6) is 0 Å². The Morgan fingerprint density at radius 3 is 2.20 bits per heavy atom. The maximum Gasteiger partial charge on any atom is 1.00 e. The zero-order valence-electron chi connectivity index (χ0n) is 12.8. The summed E-state index contributed by atoms with van der Waals surface area (Å²) in [6, 6.07) is 6.08. The van der Waals surface area contributed by atoms with Crippen LogP contribution in [0, 0.1) is 3.57 Å². The number of nitrogens with zero attached hydrogens (tertiary/aromatic N) is 2. The molecule has 5 nitrogen and oxygen atoms in total. The van der Waals surface area contributed by atoms with Gasteiger partial charge in [0.25, 0.3) is 0 Å². The zero-order chi connectivity index (χ0) is 16.8. The molecule has 0 aliphatic heterocycles. The summed E-state index contributed by atoms with van der Waals surface area (Å²) >= 11 is 13.2. The Balaban J connectivity index is 0.000000392. The van der Waals surface area contributed by atoms with E-state index in [2.05, 4.69) is 118 Å². The van der Waals surface area contributed by atoms with E-state index < -0.39 is 0 Å². The van der Waals surface area contributed by atoms with Gasteiger partial charge >= 0.3 is 51.4 Å². The Hall–Kier alpha value is 2.13. The van der Waals surface area contributed by atoms with Crippen LogP contribution in [0.4, 0.5) is 0 Å². The summed E-state index contributed by atoms with van der Waals surface area (Å²) in [5.41, 5.74) is 1.88. The van der Waals surface area contributed by atoms with Crippen LogP contribution in [0.3, 0.4) is 0 Å². The Morgan fingerprint density at radius 1 is 0.920 bits per heavy atom. The van der Waals surface area contributed by atoms with E-state index in [0.717, 1.165) is 25.6 Å². The summed E-state index contributed by atoms with van der Waals surface area (Å²) in [5, 5.41) is 2.30. The van der Waals surface area contributed by atoms with Crippen molar-refractivity contribution in [3.63, 3.8) is 0 Å². The van der Waals surface area contributed by atoms with Gasteiger partial charge in [0.05, 0.1) is 0 Å². The summed E-state index contributed by atoms with van der Waals surface area (Å²) in [6.45, 7) is 0. The van der Waals surface area contributed by atoms with Crippen molar-refractivity contribution in [1.82, 2.24) is 19.9 Å². The zero-order valence-corrected chi connectivity index (χ0v) is 25.5. The van der Waals surface area contributed by atoms with Gasteiger partial charge in [0, 0.05) is 85.3 Å². The van der Waals surface area contributed by atoms with Crippen molar-refractivity contribution < 1.29 is 56.9 Å². The second-order valence-electron chi connectivity index (χ2n) is 4.26. The fourth-order valence-corrected chi connectivity index (χ4v) is 3.11. The summed E-state index contributed by atoms with van der Waals surface area (Å²) in [7, 11) is 0. The third-order valence-electron chi connectivity index (χ3n) is 2.81. The summed E-state index contributed by atoms with van der Waals surface area (Å²) in [5.74, 6) is 0. The maximum atomic E-state index is 4.19. The van der Waals surface area contributed by atoms with Crippen molar-refractivity contribution in [2.24, 2.45) is 0 Å². The van der Waals surface area contributed by atoms with E-state index in [4.69, 9.17) is 0 Å². The van der Waals surface area contributed by atoms with Gasteiger partial charge in [-0.05, 0) is 72.6 Å². The quantitative estimate of drug-likeness (QED) is 0.209. The van der Waals surface area contributed by atoms with Crippen molar-refractivity contribution in [3.05, 3.63) is 55.5 Å². The molecule has 0 amide bonds. The molecule has 0 unspecified atom stereocenters. The predicted octanol–water partition coefficient (Wildman–Crippen LogP) is 3.85. The maximum absolute atomic E-state index is 4.19. The number of hydrogen-bond donors (Lipinski definition) is 2. The van der Waals surface area contributed by atoms with Crippen LogP contribution in [-0.2, 0) is 0 Å². The molecular weight excluding hydrogens is 820 g/mol. The first-order chi connectivity index (χ1) is 11.1. The molecule has 4 aromatic heterocycles. The number of pyridine rings is 2. The standard InChI is InChI=1S/C7H4BrIN2.C7H5BrN2.I2.K.H2O/c8-4-1-5-6(9)3-11-7(5)10-2-4;8-6-3-5-1-2-9-7(5)10-4-6;1-2;;/h1-3H,(H,10,11);1-4H,(H,9,10);;;1H2/q;;;+1;/p-1. The minimum Gasteiger partial charge on any atom is -0.870 e. The van der Waals surface area contributed by atoms with E-state index in [1.807, 2.05) is 24.5 Å². The van der Waals surface area contributed by atoms with Gasteiger partial charge in [-0.15, -0.1) is 0 Å². The first-order valence-corrected chi connectivity index (χ1v) is 15.1. The van der Waals surface area contributed by atoms with E-state index in [0.29, 0.717) is 0 Å². The summed E-state index contributed by atoms with van der Waals surface area (Å²) in [4.78, 5) is 14.4. The normalized spacial score (nSPS) is 9.16. The molecule has 0 radical (unpaired) electrons. The van der Waals surface area contributed by atoms with E-state index in [1.165, 1.54) is 8.96 Å². The Morgan fingerprint density at radius 2 is 1.52 bits per heavy atom. The van der Waals surface area contributed by atoms with Crippen LogP contribution in [0.2, 0.25) is 0 Å². The number of H-pyrrole nitrogens is 2. The van der Waals surface area contributed by atoms with E-state index >= 15 is 0 Å². The molecular formula is C14H10Br2I3KN4O. The number of fused-ring (bicyclic) bond motifs is 2. The largest absolute Gasteiger partial charge is 1.00 e. The Labute approximate surface area is 241 Å². The minimum atomic E-state index is 0. The molecule has 4 aromatic rings. The summed E-state index contributed by atoms with van der Waals surface area (Å²) < 4.78 is 3.23. The number of aromatic nitrogens is 4. The monoisotopic (exact) mass is 828 g/mol. The number of rotatable bonds is 0. The average Bonchev–Trinajstić information content (AvgIpc) is 3.17. The molecule has 11 heteroatoms. The molecule has 0 saturated carbocycles. The van der Waals surface area contributed by atoms with Gasteiger partial charge in [-0.25, -0.2) is 9.97 Å². The van der Waals surface area contributed by atoms with Gasteiger partial charge in [0.1, 0.15) is 11.3 Å². The average molecular weight is 830 g/mol. The van der Waals surface area contributed by atoms with Crippen LogP contribution < -0.4 is 51.4 Å². The smallest absolute Gasteiger partial charge is 0.870 e. The fraction of sp³-hybridized carbons (Fsp3) is 0.